The molecule has 7 nitrogen and oxygen atoms in total. The molecule has 0 atom stereocenters. The Bertz CT molecular complexity index is 955. The fourth-order valence-electron chi connectivity index (χ4n) is 3.77. The number of carbonyl (C=O) groups excluding carboxylic acids is 3. The predicted molar refractivity (Wildman–Crippen MR) is 108 cm³/mol. The summed E-state index contributed by atoms with van der Waals surface area (Å²) in [7, 11) is 0. The predicted octanol–water partition coefficient (Wildman–Crippen LogP) is 3.76. The Hall–Kier alpha value is -2.45. The van der Waals surface area contributed by atoms with Crippen LogP contribution in [0.5, 0.6) is 0 Å². The van der Waals surface area contributed by atoms with Gasteiger partial charge in [0.2, 0.25) is 0 Å². The second-order valence-electron chi connectivity index (χ2n) is 7.25. The summed E-state index contributed by atoms with van der Waals surface area (Å²) in [6.07, 6.45) is 4.07. The lowest BCUT2D eigenvalue weighted by atomic mass is 9.82. The molecule has 3 amide bonds. The van der Waals surface area contributed by atoms with Crippen molar-refractivity contribution < 1.29 is 19.1 Å². The largest absolute Gasteiger partial charge is 0.458 e. The van der Waals surface area contributed by atoms with Crippen LogP contribution in [0.1, 0.15) is 37.8 Å². The highest BCUT2D eigenvalue weighted by atomic mass is 35.5. The number of nitrogens with zero attached hydrogens (tertiary/aromatic N) is 2. The van der Waals surface area contributed by atoms with E-state index in [2.05, 4.69) is 10.3 Å². The molecule has 1 saturated heterocycles. The van der Waals surface area contributed by atoms with Crippen molar-refractivity contribution in [1.29, 1.82) is 0 Å². The molecule has 0 radical (unpaired) electrons. The van der Waals surface area contributed by atoms with Crippen LogP contribution in [-0.2, 0) is 20.9 Å². The minimum absolute atomic E-state index is 0.0332. The average Bonchev–Trinajstić information content (AvgIpc) is 3.27. The average molecular weight is 434 g/mol. The van der Waals surface area contributed by atoms with E-state index in [0.717, 1.165) is 34.7 Å². The number of hydrogen-bond acceptors (Lipinski definition) is 6. The van der Waals surface area contributed by atoms with E-state index in [1.807, 2.05) is 18.2 Å². The standard InChI is InChI=1S/C20H20ClN3O4S/c21-15-7-3-2-6-14(15)17-22-13(12-29-17)11-28-16(25)10-24-18(26)20(23-19(24)27)8-4-1-5-9-20/h2-3,6-7,12H,1,4-5,8-11H2,(H,23,27). The Kier molecular flexibility index (Phi) is 5.56. The van der Waals surface area contributed by atoms with Crippen LogP contribution in [0.15, 0.2) is 29.6 Å². The Labute approximate surface area is 177 Å². The highest BCUT2D eigenvalue weighted by Gasteiger charge is 2.51. The number of benzene rings is 1. The van der Waals surface area contributed by atoms with E-state index in [1.54, 1.807) is 11.4 Å². The third-order valence-electron chi connectivity index (χ3n) is 5.28. The van der Waals surface area contributed by atoms with Crippen LogP contribution in [0, 0.1) is 0 Å². The van der Waals surface area contributed by atoms with Crippen molar-refractivity contribution in [2.24, 2.45) is 0 Å². The number of ether oxygens (including phenoxy) is 1. The third kappa shape index (κ3) is 4.00. The second-order valence-corrected chi connectivity index (χ2v) is 8.51. The lowest BCUT2D eigenvalue weighted by molar-refractivity contribution is -0.149. The van der Waals surface area contributed by atoms with Gasteiger partial charge in [0.1, 0.15) is 23.7 Å². The fraction of sp³-hybridized carbons (Fsp3) is 0.400. The first kappa shape index (κ1) is 19.8. The first-order valence-corrected chi connectivity index (χ1v) is 10.7. The number of urea groups is 1. The summed E-state index contributed by atoms with van der Waals surface area (Å²) in [6.45, 7) is -0.428. The van der Waals surface area contributed by atoms with Crippen molar-refractivity contribution in [3.63, 3.8) is 0 Å². The van der Waals surface area contributed by atoms with Gasteiger partial charge in [0.15, 0.2) is 0 Å². The number of rotatable bonds is 5. The molecule has 1 aliphatic carbocycles. The van der Waals surface area contributed by atoms with E-state index in [1.165, 1.54) is 11.3 Å². The Morgan fingerprint density at radius 1 is 1.24 bits per heavy atom. The lowest BCUT2D eigenvalue weighted by Gasteiger charge is -2.30. The molecule has 0 unspecified atom stereocenters. The van der Waals surface area contributed by atoms with E-state index in [9.17, 15) is 14.4 Å². The van der Waals surface area contributed by atoms with Crippen LogP contribution in [0.4, 0.5) is 4.79 Å². The molecule has 2 heterocycles. The van der Waals surface area contributed by atoms with Gasteiger partial charge in [0, 0.05) is 10.9 Å². The van der Waals surface area contributed by atoms with Gasteiger partial charge in [0.05, 0.1) is 10.7 Å². The molecule has 29 heavy (non-hydrogen) atoms. The number of amides is 3. The maximum absolute atomic E-state index is 12.7. The van der Waals surface area contributed by atoms with Gasteiger partial charge in [0.25, 0.3) is 5.91 Å². The zero-order valence-corrected chi connectivity index (χ0v) is 17.2. The lowest BCUT2D eigenvalue weighted by Crippen LogP contribution is -2.48. The number of aromatic nitrogens is 1. The topological polar surface area (TPSA) is 88.6 Å². The minimum atomic E-state index is -0.839. The number of halogens is 1. The van der Waals surface area contributed by atoms with Gasteiger partial charge in [-0.1, -0.05) is 49.1 Å². The number of esters is 1. The first-order chi connectivity index (χ1) is 14.0. The summed E-state index contributed by atoms with van der Waals surface area (Å²) in [6, 6.07) is 6.85. The summed E-state index contributed by atoms with van der Waals surface area (Å²) < 4.78 is 5.24. The Balaban J connectivity index is 1.34. The van der Waals surface area contributed by atoms with Crippen molar-refractivity contribution in [2.75, 3.05) is 6.54 Å². The smallest absolute Gasteiger partial charge is 0.326 e. The van der Waals surface area contributed by atoms with Gasteiger partial charge in [-0.15, -0.1) is 11.3 Å². The quantitative estimate of drug-likeness (QED) is 0.572. The van der Waals surface area contributed by atoms with Gasteiger partial charge < -0.3 is 10.1 Å². The maximum Gasteiger partial charge on any atom is 0.326 e. The zero-order chi connectivity index (χ0) is 20.4. The molecular formula is C20H20ClN3O4S. The molecular weight excluding hydrogens is 414 g/mol. The number of thiazole rings is 1. The molecule has 1 saturated carbocycles. The zero-order valence-electron chi connectivity index (χ0n) is 15.7. The van der Waals surface area contributed by atoms with E-state index in [0.29, 0.717) is 23.6 Å². The van der Waals surface area contributed by atoms with E-state index >= 15 is 0 Å². The van der Waals surface area contributed by atoms with Crippen molar-refractivity contribution >= 4 is 40.8 Å². The number of nitrogens with one attached hydrogen (secondary N) is 1. The van der Waals surface area contributed by atoms with Crippen LogP contribution in [0.2, 0.25) is 5.02 Å². The van der Waals surface area contributed by atoms with Crippen LogP contribution in [0.3, 0.4) is 0 Å². The molecule has 152 valence electrons. The third-order valence-corrected chi connectivity index (χ3v) is 6.53. The van der Waals surface area contributed by atoms with E-state index in [-0.39, 0.29) is 12.5 Å². The molecule has 0 bridgehead atoms. The monoisotopic (exact) mass is 433 g/mol. The first-order valence-electron chi connectivity index (χ1n) is 9.47. The van der Waals surface area contributed by atoms with E-state index in [4.69, 9.17) is 16.3 Å². The van der Waals surface area contributed by atoms with Crippen LogP contribution >= 0.6 is 22.9 Å². The summed E-state index contributed by atoms with van der Waals surface area (Å²) in [5.74, 6) is -0.970. The van der Waals surface area contributed by atoms with Crippen molar-refractivity contribution in [2.45, 2.75) is 44.2 Å². The summed E-state index contributed by atoms with van der Waals surface area (Å²) in [5.41, 5.74) is 0.557. The molecule has 4 rings (SSSR count). The molecule has 1 aromatic heterocycles. The molecule has 2 aromatic rings. The molecule has 1 aromatic carbocycles. The summed E-state index contributed by atoms with van der Waals surface area (Å²) >= 11 is 7.59. The van der Waals surface area contributed by atoms with Gasteiger partial charge >= 0.3 is 12.0 Å². The maximum atomic E-state index is 12.7. The van der Waals surface area contributed by atoms with Crippen molar-refractivity contribution in [3.8, 4) is 10.6 Å². The fourth-order valence-corrected chi connectivity index (χ4v) is 4.90. The van der Waals surface area contributed by atoms with Crippen LogP contribution in [0.25, 0.3) is 10.6 Å². The molecule has 1 N–H and O–H groups in total. The van der Waals surface area contributed by atoms with Gasteiger partial charge in [-0.05, 0) is 18.9 Å². The van der Waals surface area contributed by atoms with Gasteiger partial charge in [-0.2, -0.15) is 0 Å². The number of carbonyl (C=O) groups is 3. The molecule has 2 aliphatic rings. The molecule has 1 spiro atoms. The van der Waals surface area contributed by atoms with Gasteiger partial charge in [-0.3, -0.25) is 14.5 Å². The van der Waals surface area contributed by atoms with E-state index < -0.39 is 24.1 Å². The van der Waals surface area contributed by atoms with Crippen molar-refractivity contribution in [1.82, 2.24) is 15.2 Å². The second kappa shape index (κ2) is 8.12. The van der Waals surface area contributed by atoms with Crippen LogP contribution in [-0.4, -0.2) is 39.9 Å². The molecule has 1 aliphatic heterocycles. The number of hydrogen-bond donors (Lipinski definition) is 1. The van der Waals surface area contributed by atoms with Gasteiger partial charge in [-0.25, -0.2) is 9.78 Å². The highest BCUT2D eigenvalue weighted by molar-refractivity contribution is 7.13. The molecule has 2 fully saturated rings. The minimum Gasteiger partial charge on any atom is -0.458 e. The van der Waals surface area contributed by atoms with Crippen LogP contribution < -0.4 is 5.32 Å². The molecule has 9 heteroatoms. The number of imide groups is 1. The highest BCUT2D eigenvalue weighted by Crippen LogP contribution is 2.33. The normalized spacial score (nSPS) is 18.2. The van der Waals surface area contributed by atoms with Crippen molar-refractivity contribution in [3.05, 3.63) is 40.4 Å². The Morgan fingerprint density at radius 3 is 2.76 bits per heavy atom. The summed E-state index contributed by atoms with van der Waals surface area (Å²) in [5, 5.41) is 5.90. The Morgan fingerprint density at radius 2 is 2.00 bits per heavy atom. The summed E-state index contributed by atoms with van der Waals surface area (Å²) in [4.78, 5) is 42.6. The SMILES string of the molecule is O=C(CN1C(=O)NC2(CCCCC2)C1=O)OCc1csc(-c2ccccc2Cl)n1.